The molecule has 0 aliphatic heterocycles. The standard InChI is InChI=1S/C47H31N3O/c1-3-11-30(12-4-1)31-19-21-32(22-20-31)37-28-41(44-40-17-9-10-18-42(40)51-43(44)29-37)47-49-45(34-14-5-2-6-15-34)48-46(50-47)36-25-26-39-35(27-36)24-23-33-13-7-8-16-38(33)39/h2-3,5-29H,1,4H2. The summed E-state index contributed by atoms with van der Waals surface area (Å²) in [5.41, 5.74) is 9.03. The molecule has 7 aromatic carbocycles. The van der Waals surface area contributed by atoms with E-state index in [2.05, 4.69) is 121 Å². The van der Waals surface area contributed by atoms with Gasteiger partial charge in [-0.15, -0.1) is 0 Å². The highest BCUT2D eigenvalue weighted by Gasteiger charge is 2.20. The summed E-state index contributed by atoms with van der Waals surface area (Å²) in [5, 5.41) is 6.82. The maximum Gasteiger partial charge on any atom is 0.164 e. The number of rotatable bonds is 5. The van der Waals surface area contributed by atoms with Crippen molar-refractivity contribution in [1.29, 1.82) is 0 Å². The minimum Gasteiger partial charge on any atom is -0.456 e. The average Bonchev–Trinajstić information content (AvgIpc) is 3.59. The molecule has 0 N–H and O–H groups in total. The van der Waals surface area contributed by atoms with Crippen LogP contribution in [0.5, 0.6) is 0 Å². The SMILES string of the molecule is C1=CC(c2ccc(-c3cc(-c4nc(-c5ccccc5)nc(-c5ccc6c(ccc7ccccc76)c5)n4)c4c(c3)oc3ccccc34)cc2)=CCC1. The lowest BCUT2D eigenvalue weighted by Crippen LogP contribution is -2.00. The van der Waals surface area contributed by atoms with E-state index in [9.17, 15) is 0 Å². The zero-order chi connectivity index (χ0) is 33.7. The van der Waals surface area contributed by atoms with Gasteiger partial charge >= 0.3 is 0 Å². The molecule has 1 aliphatic rings. The second-order valence-electron chi connectivity index (χ2n) is 13.1. The number of benzene rings is 7. The zero-order valence-corrected chi connectivity index (χ0v) is 27.8. The van der Waals surface area contributed by atoms with Crippen molar-refractivity contribution in [3.63, 3.8) is 0 Å². The summed E-state index contributed by atoms with van der Waals surface area (Å²) in [4.78, 5) is 15.5. The van der Waals surface area contributed by atoms with Crippen molar-refractivity contribution in [3.8, 4) is 45.3 Å². The largest absolute Gasteiger partial charge is 0.456 e. The van der Waals surface area contributed by atoms with E-state index in [-0.39, 0.29) is 0 Å². The minimum absolute atomic E-state index is 0.602. The molecule has 4 heteroatoms. The van der Waals surface area contributed by atoms with Crippen molar-refractivity contribution in [2.45, 2.75) is 12.8 Å². The summed E-state index contributed by atoms with van der Waals surface area (Å²) in [7, 11) is 0. The van der Waals surface area contributed by atoms with Crippen LogP contribution in [0, 0.1) is 0 Å². The fraction of sp³-hybridized carbons (Fsp3) is 0.0426. The first kappa shape index (κ1) is 29.3. The van der Waals surface area contributed by atoms with Crippen LogP contribution >= 0.6 is 0 Å². The summed E-state index contributed by atoms with van der Waals surface area (Å²) >= 11 is 0. The van der Waals surface area contributed by atoms with Crippen molar-refractivity contribution in [1.82, 2.24) is 15.0 Å². The smallest absolute Gasteiger partial charge is 0.164 e. The van der Waals surface area contributed by atoms with Gasteiger partial charge in [-0.05, 0) is 80.9 Å². The van der Waals surface area contributed by atoms with Gasteiger partial charge < -0.3 is 4.42 Å². The third-order valence-electron chi connectivity index (χ3n) is 9.94. The van der Waals surface area contributed by atoms with Gasteiger partial charge in [0, 0.05) is 27.5 Å². The predicted molar refractivity (Wildman–Crippen MR) is 210 cm³/mol. The van der Waals surface area contributed by atoms with Gasteiger partial charge in [0.15, 0.2) is 17.5 Å². The molecule has 240 valence electrons. The van der Waals surface area contributed by atoms with Crippen LogP contribution in [0.1, 0.15) is 18.4 Å². The molecule has 1 aliphatic carbocycles. The van der Waals surface area contributed by atoms with E-state index in [0.717, 1.165) is 68.0 Å². The summed E-state index contributed by atoms with van der Waals surface area (Å²) in [5.74, 6) is 1.85. The van der Waals surface area contributed by atoms with E-state index < -0.39 is 0 Å². The second-order valence-corrected chi connectivity index (χ2v) is 13.1. The molecule has 0 saturated heterocycles. The molecule has 0 bridgehead atoms. The van der Waals surface area contributed by atoms with Gasteiger partial charge in [0.05, 0.1) is 0 Å². The first-order valence-corrected chi connectivity index (χ1v) is 17.4. The van der Waals surface area contributed by atoms with Crippen molar-refractivity contribution < 1.29 is 4.42 Å². The highest BCUT2D eigenvalue weighted by Crippen LogP contribution is 2.40. The van der Waals surface area contributed by atoms with Crippen molar-refractivity contribution in [3.05, 3.63) is 169 Å². The second kappa shape index (κ2) is 12.0. The van der Waals surface area contributed by atoms with Crippen molar-refractivity contribution in [2.75, 3.05) is 0 Å². The Bertz CT molecular complexity index is 2850. The summed E-state index contributed by atoms with van der Waals surface area (Å²) in [6, 6.07) is 50.8. The predicted octanol–water partition coefficient (Wildman–Crippen LogP) is 12.5. The van der Waals surface area contributed by atoms with Crippen LogP contribution in [0.3, 0.4) is 0 Å². The van der Waals surface area contributed by atoms with Gasteiger partial charge in [-0.1, -0.05) is 140 Å². The maximum absolute atomic E-state index is 6.52. The van der Waals surface area contributed by atoms with Crippen molar-refractivity contribution in [2.24, 2.45) is 0 Å². The molecule has 0 saturated carbocycles. The first-order valence-electron chi connectivity index (χ1n) is 17.4. The average molecular weight is 654 g/mol. The van der Waals surface area contributed by atoms with Crippen LogP contribution in [0.15, 0.2) is 168 Å². The zero-order valence-electron chi connectivity index (χ0n) is 27.8. The minimum atomic E-state index is 0.602. The Kier molecular flexibility index (Phi) is 6.91. The molecular formula is C47H31N3O. The number of para-hydroxylation sites is 1. The maximum atomic E-state index is 6.52. The lowest BCUT2D eigenvalue weighted by molar-refractivity contribution is 0.669. The van der Waals surface area contributed by atoms with Crippen LogP contribution in [-0.4, -0.2) is 15.0 Å². The number of nitrogens with zero attached hydrogens (tertiary/aromatic N) is 3. The molecule has 4 nitrogen and oxygen atoms in total. The quantitative estimate of drug-likeness (QED) is 0.173. The Balaban J connectivity index is 1.19. The molecule has 2 heterocycles. The molecule has 0 spiro atoms. The lowest BCUT2D eigenvalue weighted by Gasteiger charge is -2.12. The van der Waals surface area contributed by atoms with Crippen molar-refractivity contribution >= 4 is 49.1 Å². The van der Waals surface area contributed by atoms with Crippen LogP contribution in [0.2, 0.25) is 0 Å². The van der Waals surface area contributed by atoms with Gasteiger partial charge in [-0.25, -0.2) is 15.0 Å². The van der Waals surface area contributed by atoms with Gasteiger partial charge in [-0.2, -0.15) is 0 Å². The molecule has 2 aromatic heterocycles. The number of furan rings is 1. The molecule has 0 radical (unpaired) electrons. The highest BCUT2D eigenvalue weighted by molar-refractivity contribution is 6.13. The van der Waals surface area contributed by atoms with E-state index in [4.69, 9.17) is 19.4 Å². The van der Waals surface area contributed by atoms with Crippen LogP contribution in [0.25, 0.3) is 94.3 Å². The number of fused-ring (bicyclic) bond motifs is 6. The monoisotopic (exact) mass is 653 g/mol. The lowest BCUT2D eigenvalue weighted by atomic mass is 9.95. The van der Waals surface area contributed by atoms with E-state index in [0.29, 0.717) is 17.5 Å². The van der Waals surface area contributed by atoms with Crippen LogP contribution < -0.4 is 0 Å². The number of allylic oxidation sites excluding steroid dienone is 4. The van der Waals surface area contributed by atoms with E-state index in [1.54, 1.807) is 0 Å². The highest BCUT2D eigenvalue weighted by atomic mass is 16.3. The molecular weight excluding hydrogens is 623 g/mol. The third kappa shape index (κ3) is 5.20. The fourth-order valence-electron chi connectivity index (χ4n) is 7.37. The fourth-order valence-corrected chi connectivity index (χ4v) is 7.37. The molecule has 0 amide bonds. The molecule has 0 atom stereocenters. The Morgan fingerprint density at radius 3 is 1.96 bits per heavy atom. The Hall–Kier alpha value is -6.65. The van der Waals surface area contributed by atoms with Crippen LogP contribution in [0.4, 0.5) is 0 Å². The van der Waals surface area contributed by atoms with E-state index in [1.807, 2.05) is 42.5 Å². The van der Waals surface area contributed by atoms with Crippen LogP contribution in [-0.2, 0) is 0 Å². The molecule has 51 heavy (non-hydrogen) atoms. The first-order chi connectivity index (χ1) is 25.2. The topological polar surface area (TPSA) is 51.8 Å². The van der Waals surface area contributed by atoms with Gasteiger partial charge in [0.2, 0.25) is 0 Å². The van der Waals surface area contributed by atoms with Gasteiger partial charge in [0.25, 0.3) is 0 Å². The third-order valence-corrected chi connectivity index (χ3v) is 9.94. The summed E-state index contributed by atoms with van der Waals surface area (Å²) in [6.45, 7) is 0. The Labute approximate surface area is 295 Å². The number of hydrogen-bond donors (Lipinski definition) is 0. The van der Waals surface area contributed by atoms with Gasteiger partial charge in [0.1, 0.15) is 11.2 Å². The molecule has 0 fully saturated rings. The molecule has 9 aromatic rings. The van der Waals surface area contributed by atoms with E-state index >= 15 is 0 Å². The summed E-state index contributed by atoms with van der Waals surface area (Å²) in [6.07, 6.45) is 8.96. The van der Waals surface area contributed by atoms with E-state index in [1.165, 1.54) is 27.3 Å². The summed E-state index contributed by atoms with van der Waals surface area (Å²) < 4.78 is 6.52. The normalized spacial score (nSPS) is 13.0. The Morgan fingerprint density at radius 1 is 0.431 bits per heavy atom. The Morgan fingerprint density at radius 2 is 1.12 bits per heavy atom. The molecule has 10 rings (SSSR count). The van der Waals surface area contributed by atoms with Gasteiger partial charge in [-0.3, -0.25) is 0 Å². The molecule has 0 unspecified atom stereocenters. The number of hydrogen-bond acceptors (Lipinski definition) is 4. The number of aromatic nitrogens is 3.